The third kappa shape index (κ3) is 9.52. The van der Waals surface area contributed by atoms with Gasteiger partial charge in [0, 0.05) is 45.0 Å². The van der Waals surface area contributed by atoms with E-state index in [1.807, 2.05) is 32.2 Å². The van der Waals surface area contributed by atoms with Crippen LogP contribution >= 0.6 is 24.0 Å². The number of pyridine rings is 1. The smallest absolute Gasteiger partial charge is 0.244 e. The monoisotopic (exact) mass is 499 g/mol. The van der Waals surface area contributed by atoms with Crippen LogP contribution in [0.2, 0.25) is 0 Å². The van der Waals surface area contributed by atoms with Gasteiger partial charge in [-0.05, 0) is 51.2 Å². The number of hydrogen-bond donors (Lipinski definition) is 2. The minimum absolute atomic E-state index is 0. The first-order valence-electron chi connectivity index (χ1n) is 10.0. The molecule has 28 heavy (non-hydrogen) atoms. The molecule has 0 aliphatic heterocycles. The number of allylic oxidation sites excluding steroid dienone is 1. The van der Waals surface area contributed by atoms with E-state index in [1.54, 1.807) is 11.1 Å². The molecule has 7 heteroatoms. The maximum absolute atomic E-state index is 12.3. The van der Waals surface area contributed by atoms with Crippen molar-refractivity contribution < 1.29 is 4.79 Å². The number of likely N-dealkylation sites (N-methyl/N-ethyl adjacent to an activating group) is 1. The van der Waals surface area contributed by atoms with Crippen molar-refractivity contribution in [3.05, 3.63) is 41.7 Å². The number of rotatable bonds is 9. The molecule has 156 valence electrons. The van der Waals surface area contributed by atoms with E-state index in [4.69, 9.17) is 0 Å². The minimum atomic E-state index is 0. The lowest BCUT2D eigenvalue weighted by atomic mass is 9.97. The summed E-state index contributed by atoms with van der Waals surface area (Å²) in [5, 5.41) is 6.55. The van der Waals surface area contributed by atoms with E-state index in [2.05, 4.69) is 26.7 Å². The summed E-state index contributed by atoms with van der Waals surface area (Å²) in [4.78, 5) is 22.8. The zero-order valence-corrected chi connectivity index (χ0v) is 19.4. The van der Waals surface area contributed by atoms with Gasteiger partial charge in [0.1, 0.15) is 6.54 Å². The Morgan fingerprint density at radius 1 is 1.25 bits per heavy atom. The second kappa shape index (κ2) is 14.4. The fraction of sp³-hybridized carbons (Fsp3) is 0.571. The Bertz CT molecular complexity index is 633. The third-order valence-electron chi connectivity index (χ3n) is 4.70. The molecule has 0 unspecified atom stereocenters. The summed E-state index contributed by atoms with van der Waals surface area (Å²) in [6.45, 7) is 4.45. The molecule has 0 radical (unpaired) electrons. The number of halogens is 1. The second-order valence-electron chi connectivity index (χ2n) is 6.87. The van der Waals surface area contributed by atoms with E-state index in [9.17, 15) is 4.79 Å². The highest BCUT2D eigenvalue weighted by Gasteiger charge is 2.09. The third-order valence-corrected chi connectivity index (χ3v) is 4.70. The summed E-state index contributed by atoms with van der Waals surface area (Å²) in [5.74, 6) is 0.721. The van der Waals surface area contributed by atoms with E-state index in [-0.39, 0.29) is 36.4 Å². The largest absolute Gasteiger partial charge is 0.357 e. The molecule has 1 amide bonds. The van der Waals surface area contributed by atoms with Crippen molar-refractivity contribution in [1.82, 2.24) is 20.5 Å². The SMILES string of the molecule is CCNC(=NCC(=O)N(C)CCc1ccccn1)NCCC1=CCCCC1.I. The lowest BCUT2D eigenvalue weighted by Crippen LogP contribution is -2.39. The molecular weight excluding hydrogens is 465 g/mol. The molecule has 1 aliphatic carbocycles. The number of hydrogen-bond acceptors (Lipinski definition) is 3. The van der Waals surface area contributed by atoms with Gasteiger partial charge in [0.25, 0.3) is 0 Å². The number of guanidine groups is 1. The van der Waals surface area contributed by atoms with E-state index < -0.39 is 0 Å². The van der Waals surface area contributed by atoms with Crippen molar-refractivity contribution >= 4 is 35.8 Å². The maximum Gasteiger partial charge on any atom is 0.244 e. The highest BCUT2D eigenvalue weighted by molar-refractivity contribution is 14.0. The van der Waals surface area contributed by atoms with Gasteiger partial charge < -0.3 is 15.5 Å². The normalized spacial score (nSPS) is 13.9. The van der Waals surface area contributed by atoms with Crippen LogP contribution in [-0.2, 0) is 11.2 Å². The first kappa shape index (κ1) is 24.4. The van der Waals surface area contributed by atoms with Crippen molar-refractivity contribution in [2.45, 2.75) is 45.4 Å². The molecule has 6 nitrogen and oxygen atoms in total. The molecule has 0 atom stereocenters. The number of nitrogens with one attached hydrogen (secondary N) is 2. The lowest BCUT2D eigenvalue weighted by Gasteiger charge is -2.17. The van der Waals surface area contributed by atoms with E-state index in [0.717, 1.165) is 31.6 Å². The van der Waals surface area contributed by atoms with Crippen LogP contribution in [0.5, 0.6) is 0 Å². The molecule has 1 aromatic heterocycles. The van der Waals surface area contributed by atoms with Crippen molar-refractivity contribution in [3.63, 3.8) is 0 Å². The highest BCUT2D eigenvalue weighted by Crippen LogP contribution is 2.19. The Morgan fingerprint density at radius 2 is 2.11 bits per heavy atom. The summed E-state index contributed by atoms with van der Waals surface area (Å²) in [5.41, 5.74) is 2.53. The molecule has 0 fully saturated rings. The van der Waals surface area contributed by atoms with Crippen LogP contribution in [0, 0.1) is 0 Å². The first-order chi connectivity index (χ1) is 13.2. The van der Waals surface area contributed by atoms with E-state index >= 15 is 0 Å². The van der Waals surface area contributed by atoms with Crippen LogP contribution in [0.4, 0.5) is 0 Å². The predicted molar refractivity (Wildman–Crippen MR) is 126 cm³/mol. The van der Waals surface area contributed by atoms with Gasteiger partial charge in [0.05, 0.1) is 0 Å². The molecule has 2 rings (SSSR count). The van der Waals surface area contributed by atoms with Crippen LogP contribution in [0.15, 0.2) is 41.0 Å². The molecule has 0 bridgehead atoms. The Hall–Kier alpha value is -1.64. The minimum Gasteiger partial charge on any atom is -0.357 e. The lowest BCUT2D eigenvalue weighted by molar-refractivity contribution is -0.128. The van der Waals surface area contributed by atoms with Gasteiger partial charge in [-0.2, -0.15) is 0 Å². The van der Waals surface area contributed by atoms with Crippen LogP contribution in [0.25, 0.3) is 0 Å². The highest BCUT2D eigenvalue weighted by atomic mass is 127. The molecule has 0 aromatic carbocycles. The quantitative estimate of drug-likeness (QED) is 0.237. The topological polar surface area (TPSA) is 69.6 Å². The summed E-state index contributed by atoms with van der Waals surface area (Å²) in [6, 6.07) is 5.84. The zero-order valence-electron chi connectivity index (χ0n) is 17.1. The van der Waals surface area contributed by atoms with Crippen LogP contribution in [0.1, 0.15) is 44.7 Å². The van der Waals surface area contributed by atoms with Gasteiger partial charge in [-0.15, -0.1) is 24.0 Å². The first-order valence-corrected chi connectivity index (χ1v) is 10.0. The molecule has 0 saturated carbocycles. The molecule has 2 N–H and O–H groups in total. The van der Waals surface area contributed by atoms with Crippen LogP contribution in [-0.4, -0.2) is 55.0 Å². The van der Waals surface area contributed by atoms with Crippen LogP contribution < -0.4 is 10.6 Å². The van der Waals surface area contributed by atoms with Crippen molar-refractivity contribution in [2.24, 2.45) is 4.99 Å². The Labute approximate surface area is 186 Å². The number of carbonyl (C=O) groups is 1. The second-order valence-corrected chi connectivity index (χ2v) is 6.87. The number of aromatic nitrogens is 1. The molecule has 0 spiro atoms. The van der Waals surface area contributed by atoms with Crippen molar-refractivity contribution in [2.75, 3.05) is 33.2 Å². The number of aliphatic imine (C=N–C) groups is 1. The van der Waals surface area contributed by atoms with Gasteiger partial charge in [0.15, 0.2) is 5.96 Å². The average Bonchev–Trinajstić information content (AvgIpc) is 2.71. The van der Waals surface area contributed by atoms with E-state index in [1.165, 1.54) is 31.3 Å². The number of amides is 1. The molecule has 1 heterocycles. The Kier molecular flexibility index (Phi) is 12.5. The Morgan fingerprint density at radius 3 is 2.79 bits per heavy atom. The number of carbonyl (C=O) groups excluding carboxylic acids is 1. The van der Waals surface area contributed by atoms with Gasteiger partial charge in [0.2, 0.25) is 5.91 Å². The standard InChI is InChI=1S/C21H33N5O.HI/c1-3-22-21(24-15-12-18-9-5-4-6-10-18)25-17-20(27)26(2)16-13-19-11-7-8-14-23-19;/h7-9,11,14H,3-6,10,12-13,15-17H2,1-2H3,(H2,22,24,25);1H. The summed E-state index contributed by atoms with van der Waals surface area (Å²) in [7, 11) is 1.82. The summed E-state index contributed by atoms with van der Waals surface area (Å²) < 4.78 is 0. The van der Waals surface area contributed by atoms with Crippen molar-refractivity contribution in [3.8, 4) is 0 Å². The summed E-state index contributed by atoms with van der Waals surface area (Å²) >= 11 is 0. The van der Waals surface area contributed by atoms with E-state index in [0.29, 0.717) is 12.5 Å². The summed E-state index contributed by atoms with van der Waals surface area (Å²) in [6.07, 6.45) is 11.0. The van der Waals surface area contributed by atoms with Gasteiger partial charge >= 0.3 is 0 Å². The van der Waals surface area contributed by atoms with Crippen LogP contribution in [0.3, 0.4) is 0 Å². The average molecular weight is 499 g/mol. The fourth-order valence-corrected chi connectivity index (χ4v) is 3.04. The van der Waals surface area contributed by atoms with Gasteiger partial charge in [-0.1, -0.05) is 17.7 Å². The predicted octanol–water partition coefficient (Wildman–Crippen LogP) is 3.15. The zero-order chi connectivity index (χ0) is 19.3. The molecule has 0 saturated heterocycles. The molecule has 1 aromatic rings. The van der Waals surface area contributed by atoms with Gasteiger partial charge in [-0.3, -0.25) is 9.78 Å². The van der Waals surface area contributed by atoms with Gasteiger partial charge in [-0.25, -0.2) is 4.99 Å². The fourth-order valence-electron chi connectivity index (χ4n) is 3.04. The Balaban J connectivity index is 0.00000392. The van der Waals surface area contributed by atoms with Crippen molar-refractivity contribution in [1.29, 1.82) is 0 Å². The number of nitrogens with zero attached hydrogens (tertiary/aromatic N) is 3. The maximum atomic E-state index is 12.3. The molecular formula is C21H34IN5O. The molecule has 1 aliphatic rings.